The van der Waals surface area contributed by atoms with Crippen LogP contribution >= 0.6 is 0 Å². The van der Waals surface area contributed by atoms with Crippen molar-refractivity contribution >= 4 is 11.9 Å². The lowest BCUT2D eigenvalue weighted by Crippen LogP contribution is -2.39. The second-order valence-corrected chi connectivity index (χ2v) is 7.13. The summed E-state index contributed by atoms with van der Waals surface area (Å²) in [7, 11) is 2.14. The highest BCUT2D eigenvalue weighted by Crippen LogP contribution is 2.34. The van der Waals surface area contributed by atoms with E-state index in [4.69, 9.17) is 4.74 Å². The Balaban J connectivity index is 2.32. The van der Waals surface area contributed by atoms with E-state index in [0.717, 1.165) is 24.3 Å². The van der Waals surface area contributed by atoms with Gasteiger partial charge in [0.05, 0.1) is 0 Å². The second-order valence-electron chi connectivity index (χ2n) is 7.13. The highest BCUT2D eigenvalue weighted by atomic mass is 16.6. The van der Waals surface area contributed by atoms with Crippen LogP contribution in [-0.4, -0.2) is 41.7 Å². The summed E-state index contributed by atoms with van der Waals surface area (Å²) in [6, 6.07) is 4.34. The van der Waals surface area contributed by atoms with Crippen LogP contribution < -0.4 is 4.90 Å². The Morgan fingerprint density at radius 2 is 2.17 bits per heavy atom. The number of aromatic nitrogens is 1. The van der Waals surface area contributed by atoms with Crippen molar-refractivity contribution in [2.24, 2.45) is 0 Å². The number of carbonyl (C=O) groups excluding carboxylic acids is 1. The van der Waals surface area contributed by atoms with Gasteiger partial charge in [0.15, 0.2) is 0 Å². The van der Waals surface area contributed by atoms with E-state index < -0.39 is 5.60 Å². The molecule has 1 aromatic rings. The third kappa shape index (κ3) is 4.44. The Morgan fingerprint density at radius 3 is 2.78 bits per heavy atom. The van der Waals surface area contributed by atoms with E-state index in [1.54, 1.807) is 11.1 Å². The molecule has 0 spiro atoms. The normalized spacial score (nSPS) is 19.4. The molecule has 1 atom stereocenters. The van der Waals surface area contributed by atoms with Gasteiger partial charge in [-0.3, -0.25) is 9.80 Å². The number of likely N-dealkylation sites (tertiary alicyclic amines) is 1. The summed E-state index contributed by atoms with van der Waals surface area (Å²) < 4.78 is 5.55. The third-order valence-electron chi connectivity index (χ3n) is 4.13. The molecule has 2 heterocycles. The maximum atomic E-state index is 12.6. The largest absolute Gasteiger partial charge is 0.443 e. The van der Waals surface area contributed by atoms with E-state index in [-0.39, 0.29) is 6.09 Å². The Kier molecular flexibility index (Phi) is 5.63. The van der Waals surface area contributed by atoms with Crippen LogP contribution in [-0.2, 0) is 4.74 Å². The molecule has 0 unspecified atom stereocenters. The number of nitrogens with zero attached hydrogens (tertiary/aromatic N) is 3. The minimum absolute atomic E-state index is 0.309. The van der Waals surface area contributed by atoms with E-state index in [0.29, 0.717) is 12.6 Å². The highest BCUT2D eigenvalue weighted by molar-refractivity contribution is 5.87. The van der Waals surface area contributed by atoms with Crippen molar-refractivity contribution < 1.29 is 9.53 Å². The standard InChI is InChI=1S/C18H29N3O2/c1-6-21(17(22)23-18(2,3)4)16-14(10-9-12-19-16)15-11-7-8-13-20(15)5/h9-10,12,15H,6-8,11,13H2,1-5H3/t15-/m1/s1. The number of rotatable bonds is 3. The molecule has 2 rings (SSSR count). The zero-order valence-electron chi connectivity index (χ0n) is 15.0. The van der Waals surface area contributed by atoms with E-state index in [9.17, 15) is 4.79 Å². The number of pyridine rings is 1. The minimum atomic E-state index is -0.513. The number of carbonyl (C=O) groups is 1. The number of hydrogen-bond acceptors (Lipinski definition) is 4. The summed E-state index contributed by atoms with van der Waals surface area (Å²) in [5.41, 5.74) is 0.601. The molecular weight excluding hydrogens is 290 g/mol. The van der Waals surface area contributed by atoms with Crippen molar-refractivity contribution in [2.75, 3.05) is 25.0 Å². The Labute approximate surface area is 139 Å². The Bertz CT molecular complexity index is 539. The van der Waals surface area contributed by atoms with E-state index in [2.05, 4.69) is 23.0 Å². The van der Waals surface area contributed by atoms with Crippen LogP contribution in [0.25, 0.3) is 0 Å². The molecule has 1 aliphatic heterocycles. The minimum Gasteiger partial charge on any atom is -0.443 e. The Hall–Kier alpha value is -1.62. The van der Waals surface area contributed by atoms with Crippen molar-refractivity contribution in [1.29, 1.82) is 0 Å². The molecule has 128 valence electrons. The molecular formula is C18H29N3O2. The topological polar surface area (TPSA) is 45.7 Å². The summed E-state index contributed by atoms with van der Waals surface area (Å²) in [4.78, 5) is 21.1. The van der Waals surface area contributed by atoms with Gasteiger partial charge in [-0.1, -0.05) is 12.5 Å². The molecule has 1 saturated heterocycles. The summed E-state index contributed by atoms with van der Waals surface area (Å²) in [6.07, 6.45) is 4.95. The predicted molar refractivity (Wildman–Crippen MR) is 92.7 cm³/mol. The summed E-state index contributed by atoms with van der Waals surface area (Å²) in [6.45, 7) is 9.22. The van der Waals surface area contributed by atoms with Crippen molar-refractivity contribution in [2.45, 2.75) is 58.6 Å². The molecule has 0 radical (unpaired) electrons. The van der Waals surface area contributed by atoms with Crippen LogP contribution in [0.2, 0.25) is 0 Å². The van der Waals surface area contributed by atoms with Gasteiger partial charge >= 0.3 is 6.09 Å². The first-order chi connectivity index (χ1) is 10.8. The van der Waals surface area contributed by atoms with E-state index >= 15 is 0 Å². The lowest BCUT2D eigenvalue weighted by molar-refractivity contribution is 0.0580. The average Bonchev–Trinajstić information content (AvgIpc) is 2.47. The maximum absolute atomic E-state index is 12.6. The monoisotopic (exact) mass is 319 g/mol. The average molecular weight is 319 g/mol. The van der Waals surface area contributed by atoms with Gasteiger partial charge in [0.2, 0.25) is 0 Å². The first-order valence-corrected chi connectivity index (χ1v) is 8.49. The predicted octanol–water partition coefficient (Wildman–Crippen LogP) is 4.00. The van der Waals surface area contributed by atoms with Gasteiger partial charge in [-0.25, -0.2) is 9.78 Å². The summed E-state index contributed by atoms with van der Waals surface area (Å²) in [5.74, 6) is 0.725. The van der Waals surface area contributed by atoms with Crippen LogP contribution in [0.5, 0.6) is 0 Å². The highest BCUT2D eigenvalue weighted by Gasteiger charge is 2.29. The fourth-order valence-corrected chi connectivity index (χ4v) is 3.05. The molecule has 1 aromatic heterocycles. The molecule has 0 aromatic carbocycles. The molecule has 5 nitrogen and oxygen atoms in total. The van der Waals surface area contributed by atoms with Gasteiger partial charge in [0.1, 0.15) is 11.4 Å². The van der Waals surface area contributed by atoms with Gasteiger partial charge in [-0.15, -0.1) is 0 Å². The fourth-order valence-electron chi connectivity index (χ4n) is 3.05. The number of amides is 1. The van der Waals surface area contributed by atoms with E-state index in [1.807, 2.05) is 33.8 Å². The van der Waals surface area contributed by atoms with Gasteiger partial charge in [0, 0.05) is 24.3 Å². The van der Waals surface area contributed by atoms with Gasteiger partial charge in [0.25, 0.3) is 0 Å². The van der Waals surface area contributed by atoms with Crippen LogP contribution in [0.15, 0.2) is 18.3 Å². The van der Waals surface area contributed by atoms with E-state index in [1.165, 1.54) is 12.8 Å². The molecule has 0 N–H and O–H groups in total. The van der Waals surface area contributed by atoms with Gasteiger partial charge in [-0.2, -0.15) is 0 Å². The van der Waals surface area contributed by atoms with Crippen LogP contribution in [0.1, 0.15) is 58.6 Å². The second kappa shape index (κ2) is 7.30. The number of piperidine rings is 1. The van der Waals surface area contributed by atoms with Crippen LogP contribution in [0, 0.1) is 0 Å². The van der Waals surface area contributed by atoms with Crippen LogP contribution in [0.3, 0.4) is 0 Å². The molecule has 1 amide bonds. The lowest BCUT2D eigenvalue weighted by Gasteiger charge is -2.35. The molecule has 0 saturated carbocycles. The number of ether oxygens (including phenoxy) is 1. The van der Waals surface area contributed by atoms with Crippen molar-refractivity contribution in [3.63, 3.8) is 0 Å². The zero-order chi connectivity index (χ0) is 17.0. The fraction of sp³-hybridized carbons (Fsp3) is 0.667. The molecule has 0 bridgehead atoms. The molecule has 1 fully saturated rings. The van der Waals surface area contributed by atoms with Gasteiger partial charge in [-0.05, 0) is 60.2 Å². The number of hydrogen-bond donors (Lipinski definition) is 0. The summed E-state index contributed by atoms with van der Waals surface area (Å²) >= 11 is 0. The number of anilines is 1. The van der Waals surface area contributed by atoms with Crippen molar-refractivity contribution in [3.05, 3.63) is 23.9 Å². The summed E-state index contributed by atoms with van der Waals surface area (Å²) in [5, 5.41) is 0. The molecule has 5 heteroatoms. The smallest absolute Gasteiger partial charge is 0.415 e. The van der Waals surface area contributed by atoms with Crippen molar-refractivity contribution in [1.82, 2.24) is 9.88 Å². The first kappa shape index (κ1) is 17.7. The maximum Gasteiger partial charge on any atom is 0.415 e. The lowest BCUT2D eigenvalue weighted by atomic mass is 9.96. The zero-order valence-corrected chi connectivity index (χ0v) is 15.0. The van der Waals surface area contributed by atoms with Gasteiger partial charge < -0.3 is 4.74 Å². The first-order valence-electron chi connectivity index (χ1n) is 8.49. The van der Waals surface area contributed by atoms with Crippen LogP contribution in [0.4, 0.5) is 10.6 Å². The SMILES string of the molecule is CCN(C(=O)OC(C)(C)C)c1ncccc1[C@H]1CCCCN1C. The quantitative estimate of drug-likeness (QED) is 0.845. The third-order valence-corrected chi connectivity index (χ3v) is 4.13. The van der Waals surface area contributed by atoms with Crippen molar-refractivity contribution in [3.8, 4) is 0 Å². The molecule has 23 heavy (non-hydrogen) atoms. The Morgan fingerprint density at radius 1 is 1.43 bits per heavy atom. The molecule has 1 aliphatic rings. The molecule has 0 aliphatic carbocycles.